The summed E-state index contributed by atoms with van der Waals surface area (Å²) >= 11 is 5.39. The highest BCUT2D eigenvalue weighted by molar-refractivity contribution is 7.71. The van der Waals surface area contributed by atoms with Crippen molar-refractivity contribution in [3.05, 3.63) is 63.9 Å². The minimum absolute atomic E-state index is 0.0708. The van der Waals surface area contributed by atoms with Gasteiger partial charge in [-0.15, -0.1) is 0 Å². The molecule has 0 spiro atoms. The number of nitrogens with zero attached hydrogens (tertiary/aromatic N) is 4. The summed E-state index contributed by atoms with van der Waals surface area (Å²) in [6, 6.07) is 14.5. The molecule has 30 heavy (non-hydrogen) atoms. The van der Waals surface area contributed by atoms with Gasteiger partial charge in [0.25, 0.3) is 0 Å². The van der Waals surface area contributed by atoms with Crippen LogP contribution in [-0.2, 0) is 11.3 Å². The average molecular weight is 422 g/mol. The van der Waals surface area contributed by atoms with E-state index in [2.05, 4.69) is 47.1 Å². The van der Waals surface area contributed by atoms with Crippen molar-refractivity contribution in [2.45, 2.75) is 27.3 Å². The lowest BCUT2D eigenvalue weighted by molar-refractivity contribution is -0.132. The summed E-state index contributed by atoms with van der Waals surface area (Å²) in [6.07, 6.45) is 0. The second-order valence-corrected chi connectivity index (χ2v) is 8.28. The van der Waals surface area contributed by atoms with Crippen molar-refractivity contribution in [3.63, 3.8) is 0 Å². The summed E-state index contributed by atoms with van der Waals surface area (Å²) in [7, 11) is 0. The van der Waals surface area contributed by atoms with Crippen molar-refractivity contribution in [3.8, 4) is 11.4 Å². The Morgan fingerprint density at radius 1 is 1.03 bits per heavy atom. The van der Waals surface area contributed by atoms with Gasteiger partial charge in [-0.3, -0.25) is 14.5 Å². The third-order valence-electron chi connectivity index (χ3n) is 5.91. The Balaban J connectivity index is 1.45. The first kappa shape index (κ1) is 20.3. The van der Waals surface area contributed by atoms with Gasteiger partial charge >= 0.3 is 0 Å². The van der Waals surface area contributed by atoms with Crippen LogP contribution >= 0.6 is 12.2 Å². The Morgan fingerprint density at radius 3 is 2.43 bits per heavy atom. The first-order chi connectivity index (χ1) is 14.4. The van der Waals surface area contributed by atoms with E-state index in [1.807, 2.05) is 36.1 Å². The highest BCUT2D eigenvalue weighted by atomic mass is 32.1. The average Bonchev–Trinajstić information content (AvgIpc) is 3.11. The van der Waals surface area contributed by atoms with Crippen molar-refractivity contribution in [2.24, 2.45) is 0 Å². The maximum atomic E-state index is 13.0. The van der Waals surface area contributed by atoms with Crippen molar-refractivity contribution in [2.75, 3.05) is 31.1 Å². The summed E-state index contributed by atoms with van der Waals surface area (Å²) in [5.74, 6) is 0.767. The summed E-state index contributed by atoms with van der Waals surface area (Å²) in [4.78, 5) is 17.3. The number of benzene rings is 2. The predicted molar refractivity (Wildman–Crippen MR) is 122 cm³/mol. The molecule has 4 rings (SSSR count). The second-order valence-electron chi connectivity index (χ2n) is 7.89. The number of aryl methyl sites for hydroxylation is 2. The molecule has 7 heteroatoms. The van der Waals surface area contributed by atoms with Crippen molar-refractivity contribution < 1.29 is 4.79 Å². The zero-order valence-electron chi connectivity index (χ0n) is 17.7. The molecule has 0 radical (unpaired) electrons. The smallest absolute Gasteiger partial charge is 0.242 e. The predicted octanol–water partition coefficient (Wildman–Crippen LogP) is 3.88. The summed E-state index contributed by atoms with van der Waals surface area (Å²) in [6.45, 7) is 9.61. The van der Waals surface area contributed by atoms with Gasteiger partial charge in [0.05, 0.1) is 0 Å². The lowest BCUT2D eigenvalue weighted by Crippen LogP contribution is -2.49. The number of rotatable bonds is 4. The van der Waals surface area contributed by atoms with Gasteiger partial charge in [0.15, 0.2) is 10.6 Å². The monoisotopic (exact) mass is 421 g/mol. The quantitative estimate of drug-likeness (QED) is 0.650. The van der Waals surface area contributed by atoms with E-state index in [0.29, 0.717) is 23.7 Å². The molecule has 1 aromatic heterocycles. The van der Waals surface area contributed by atoms with Gasteiger partial charge in [-0.05, 0) is 50.2 Å². The van der Waals surface area contributed by atoms with Gasteiger partial charge in [-0.2, -0.15) is 5.10 Å². The topological polar surface area (TPSA) is 57.2 Å². The standard InChI is InChI=1S/C23H27N5OS/c1-16-7-9-19(10-8-16)22-24-25-23(30)28(22)15-21(29)27-13-11-26(12-14-27)20-6-4-5-17(2)18(20)3/h4-10H,11-15H2,1-3H3,(H,25,30). The molecule has 6 nitrogen and oxygen atoms in total. The molecule has 1 amide bonds. The van der Waals surface area contributed by atoms with Gasteiger partial charge < -0.3 is 9.80 Å². The number of carbonyl (C=O) groups is 1. The molecule has 0 aliphatic carbocycles. The minimum atomic E-state index is 0.0708. The molecule has 156 valence electrons. The van der Waals surface area contributed by atoms with Gasteiger partial charge in [0.2, 0.25) is 5.91 Å². The van der Waals surface area contributed by atoms with Gasteiger partial charge in [0, 0.05) is 37.4 Å². The Kier molecular flexibility index (Phi) is 5.72. The van der Waals surface area contributed by atoms with E-state index in [-0.39, 0.29) is 12.5 Å². The number of H-pyrrole nitrogens is 1. The van der Waals surface area contributed by atoms with E-state index >= 15 is 0 Å². The maximum absolute atomic E-state index is 13.0. The number of aromatic amines is 1. The van der Waals surface area contributed by atoms with Crippen LogP contribution in [0.2, 0.25) is 0 Å². The van der Waals surface area contributed by atoms with Crippen LogP contribution in [0.25, 0.3) is 11.4 Å². The van der Waals surface area contributed by atoms with Crippen LogP contribution in [0.1, 0.15) is 16.7 Å². The molecule has 1 N–H and O–H groups in total. The van der Waals surface area contributed by atoms with Gasteiger partial charge in [-0.1, -0.05) is 42.0 Å². The Bertz CT molecular complexity index is 1110. The van der Waals surface area contributed by atoms with Crippen LogP contribution < -0.4 is 4.90 Å². The fourth-order valence-electron chi connectivity index (χ4n) is 3.90. The van der Waals surface area contributed by atoms with Crippen LogP contribution in [0, 0.1) is 25.5 Å². The molecular weight excluding hydrogens is 394 g/mol. The van der Waals surface area contributed by atoms with E-state index in [9.17, 15) is 4.79 Å². The van der Waals surface area contributed by atoms with E-state index in [1.54, 1.807) is 4.57 Å². The van der Waals surface area contributed by atoms with E-state index in [1.165, 1.54) is 22.4 Å². The molecule has 2 aromatic carbocycles. The molecule has 0 saturated carbocycles. The number of carbonyl (C=O) groups excluding carboxylic acids is 1. The number of aromatic nitrogens is 3. The molecule has 0 bridgehead atoms. The number of piperazine rings is 1. The maximum Gasteiger partial charge on any atom is 0.242 e. The van der Waals surface area contributed by atoms with E-state index in [4.69, 9.17) is 12.2 Å². The lowest BCUT2D eigenvalue weighted by Gasteiger charge is -2.37. The number of anilines is 1. The zero-order chi connectivity index (χ0) is 21.3. The Labute approximate surface area is 182 Å². The second kappa shape index (κ2) is 8.44. The Morgan fingerprint density at radius 2 is 1.73 bits per heavy atom. The number of amides is 1. The number of nitrogens with one attached hydrogen (secondary N) is 1. The van der Waals surface area contributed by atoms with Gasteiger partial charge in [-0.25, -0.2) is 0 Å². The Hall–Kier alpha value is -2.93. The van der Waals surface area contributed by atoms with Crippen LogP contribution in [0.15, 0.2) is 42.5 Å². The highest BCUT2D eigenvalue weighted by Gasteiger charge is 2.23. The third kappa shape index (κ3) is 4.03. The van der Waals surface area contributed by atoms with Crippen LogP contribution in [0.4, 0.5) is 5.69 Å². The molecule has 0 unspecified atom stereocenters. The molecule has 1 fully saturated rings. The van der Waals surface area contributed by atoms with Crippen molar-refractivity contribution >= 4 is 23.8 Å². The summed E-state index contributed by atoms with van der Waals surface area (Å²) in [5.41, 5.74) is 5.99. The fourth-order valence-corrected chi connectivity index (χ4v) is 4.09. The molecule has 3 aromatic rings. The number of hydrogen-bond donors (Lipinski definition) is 1. The fraction of sp³-hybridized carbons (Fsp3) is 0.348. The summed E-state index contributed by atoms with van der Waals surface area (Å²) in [5, 5.41) is 7.19. The molecule has 0 atom stereocenters. The first-order valence-electron chi connectivity index (χ1n) is 10.2. The molecule has 2 heterocycles. The summed E-state index contributed by atoms with van der Waals surface area (Å²) < 4.78 is 2.26. The van der Waals surface area contributed by atoms with E-state index < -0.39 is 0 Å². The highest BCUT2D eigenvalue weighted by Crippen LogP contribution is 2.24. The van der Waals surface area contributed by atoms with Crippen LogP contribution in [0.3, 0.4) is 0 Å². The normalized spacial score (nSPS) is 14.2. The first-order valence-corrected chi connectivity index (χ1v) is 10.7. The van der Waals surface area contributed by atoms with Crippen molar-refractivity contribution in [1.29, 1.82) is 0 Å². The van der Waals surface area contributed by atoms with Crippen molar-refractivity contribution in [1.82, 2.24) is 19.7 Å². The number of hydrogen-bond acceptors (Lipinski definition) is 4. The zero-order valence-corrected chi connectivity index (χ0v) is 18.5. The molecule has 1 saturated heterocycles. The van der Waals surface area contributed by atoms with Crippen LogP contribution in [-0.4, -0.2) is 51.8 Å². The molecular formula is C23H27N5OS. The largest absolute Gasteiger partial charge is 0.368 e. The van der Waals surface area contributed by atoms with E-state index in [0.717, 1.165) is 18.7 Å². The van der Waals surface area contributed by atoms with Crippen LogP contribution in [0.5, 0.6) is 0 Å². The molecule has 1 aliphatic rings. The van der Waals surface area contributed by atoms with Gasteiger partial charge in [0.1, 0.15) is 6.54 Å². The molecule has 1 aliphatic heterocycles. The lowest BCUT2D eigenvalue weighted by atomic mass is 10.1. The SMILES string of the molecule is Cc1ccc(-c2n[nH]c(=S)n2CC(=O)N2CCN(c3cccc(C)c3C)CC2)cc1. The third-order valence-corrected chi connectivity index (χ3v) is 6.22. The minimum Gasteiger partial charge on any atom is -0.368 e.